The molecule has 0 amide bonds. The van der Waals surface area contributed by atoms with Crippen LogP contribution in [0.5, 0.6) is 0 Å². The van der Waals surface area contributed by atoms with Crippen LogP contribution in [0.4, 0.5) is 11.4 Å². The number of benzene rings is 1. The van der Waals surface area contributed by atoms with E-state index in [2.05, 4.69) is 4.90 Å². The Morgan fingerprint density at radius 3 is 2.27 bits per heavy atom. The third-order valence-corrected chi connectivity index (χ3v) is 5.94. The van der Waals surface area contributed by atoms with E-state index < -0.39 is 9.84 Å². The second-order valence-electron chi connectivity index (χ2n) is 7.22. The van der Waals surface area contributed by atoms with Gasteiger partial charge in [-0.05, 0) is 37.1 Å². The lowest BCUT2D eigenvalue weighted by atomic mass is 10.0. The van der Waals surface area contributed by atoms with Gasteiger partial charge in [0, 0.05) is 63.5 Å². The summed E-state index contributed by atoms with van der Waals surface area (Å²) in [6.45, 7) is 0. The van der Waals surface area contributed by atoms with Crippen molar-refractivity contribution in [2.45, 2.75) is 23.8 Å². The van der Waals surface area contributed by atoms with Crippen LogP contribution in [0, 0.1) is 0 Å². The first-order valence-electron chi connectivity index (χ1n) is 8.55. The number of anilines is 2. The predicted molar refractivity (Wildman–Crippen MR) is 106 cm³/mol. The summed E-state index contributed by atoms with van der Waals surface area (Å²) in [5.41, 5.74) is 3.10. The van der Waals surface area contributed by atoms with Gasteiger partial charge < -0.3 is 14.4 Å². The van der Waals surface area contributed by atoms with Crippen molar-refractivity contribution in [1.82, 2.24) is 4.57 Å². The van der Waals surface area contributed by atoms with Gasteiger partial charge in [-0.15, -0.1) is 0 Å². The number of hydrogen-bond acceptors (Lipinski definition) is 5. The molecule has 3 rings (SSSR count). The number of nitrogens with zero attached hydrogens (tertiary/aromatic N) is 3. The molecule has 1 fully saturated rings. The molecule has 0 N–H and O–H groups in total. The molecule has 1 aromatic carbocycles. The number of pyridine rings is 1. The minimum atomic E-state index is -3.32. The molecule has 0 unspecified atom stereocenters. The highest BCUT2D eigenvalue weighted by Gasteiger charge is 2.28. The summed E-state index contributed by atoms with van der Waals surface area (Å²) in [7, 11) is 4.07. The molecule has 26 heavy (non-hydrogen) atoms. The first kappa shape index (κ1) is 18.5. The standard InChI is InChI=1S/C19H25N3O3S/c1-20(2)18-10-13(12-21(3)19(18)23)16-11-15(26(5,24)25)8-9-17(16)22(4)14-6-7-14/h8-12,14H,6-7H2,1-5H3. The molecule has 0 radical (unpaired) electrons. The molecule has 1 aromatic heterocycles. The Hall–Kier alpha value is -2.28. The highest BCUT2D eigenvalue weighted by molar-refractivity contribution is 7.90. The molecule has 1 aliphatic carbocycles. The Morgan fingerprint density at radius 1 is 1.08 bits per heavy atom. The molecule has 7 heteroatoms. The van der Waals surface area contributed by atoms with Crippen LogP contribution in [0.15, 0.2) is 40.2 Å². The second kappa shape index (κ2) is 6.46. The lowest BCUT2D eigenvalue weighted by molar-refractivity contribution is 0.602. The monoisotopic (exact) mass is 375 g/mol. The third kappa shape index (κ3) is 3.49. The molecule has 2 aromatic rings. The van der Waals surface area contributed by atoms with Gasteiger partial charge in [-0.3, -0.25) is 4.79 Å². The SMILES string of the molecule is CN(C)c1cc(-c2cc(S(C)(=O)=O)ccc2N(C)C2CC2)cn(C)c1=O. The molecular formula is C19H25N3O3S. The number of rotatable bonds is 5. The fourth-order valence-corrected chi connectivity index (χ4v) is 3.75. The maximum absolute atomic E-state index is 12.4. The minimum absolute atomic E-state index is 0.0879. The zero-order chi connectivity index (χ0) is 19.2. The van der Waals surface area contributed by atoms with Crippen molar-refractivity contribution in [3.8, 4) is 11.1 Å². The highest BCUT2D eigenvalue weighted by atomic mass is 32.2. The number of sulfone groups is 1. The average molecular weight is 375 g/mol. The van der Waals surface area contributed by atoms with Crippen molar-refractivity contribution >= 4 is 21.2 Å². The molecule has 0 atom stereocenters. The second-order valence-corrected chi connectivity index (χ2v) is 9.23. The summed E-state index contributed by atoms with van der Waals surface area (Å²) in [5, 5.41) is 0. The normalized spacial score (nSPS) is 14.3. The number of aryl methyl sites for hydroxylation is 1. The van der Waals surface area contributed by atoms with E-state index in [0.29, 0.717) is 11.7 Å². The van der Waals surface area contributed by atoms with Crippen LogP contribution in [-0.4, -0.2) is 46.4 Å². The van der Waals surface area contributed by atoms with Crippen molar-refractivity contribution in [3.63, 3.8) is 0 Å². The van der Waals surface area contributed by atoms with E-state index in [1.807, 2.05) is 33.3 Å². The summed E-state index contributed by atoms with van der Waals surface area (Å²) in [6, 6.07) is 7.54. The fourth-order valence-electron chi connectivity index (χ4n) is 3.11. The van der Waals surface area contributed by atoms with Crippen LogP contribution in [-0.2, 0) is 16.9 Å². The summed E-state index contributed by atoms with van der Waals surface area (Å²) < 4.78 is 25.7. The molecular weight excluding hydrogens is 350 g/mol. The smallest absolute Gasteiger partial charge is 0.273 e. The molecule has 0 saturated heterocycles. The van der Waals surface area contributed by atoms with E-state index in [-0.39, 0.29) is 10.5 Å². The fraction of sp³-hybridized carbons (Fsp3) is 0.421. The van der Waals surface area contributed by atoms with E-state index in [0.717, 1.165) is 29.7 Å². The summed E-state index contributed by atoms with van der Waals surface area (Å²) in [6.07, 6.45) is 5.25. The summed E-state index contributed by atoms with van der Waals surface area (Å²) in [5.74, 6) is 0. The zero-order valence-electron chi connectivity index (χ0n) is 15.9. The van der Waals surface area contributed by atoms with Gasteiger partial charge in [-0.2, -0.15) is 0 Å². The van der Waals surface area contributed by atoms with E-state index in [9.17, 15) is 13.2 Å². The lowest BCUT2D eigenvalue weighted by Crippen LogP contribution is -2.25. The number of aromatic nitrogens is 1. The first-order chi connectivity index (χ1) is 12.1. The van der Waals surface area contributed by atoms with E-state index in [1.54, 1.807) is 34.8 Å². The molecule has 0 aliphatic heterocycles. The molecule has 6 nitrogen and oxygen atoms in total. The minimum Gasteiger partial charge on any atom is -0.373 e. The Balaban J connectivity index is 2.26. The van der Waals surface area contributed by atoms with Gasteiger partial charge in [0.15, 0.2) is 9.84 Å². The molecule has 1 saturated carbocycles. The van der Waals surface area contributed by atoms with Gasteiger partial charge in [0.05, 0.1) is 4.90 Å². The summed E-state index contributed by atoms with van der Waals surface area (Å²) in [4.78, 5) is 16.6. The summed E-state index contributed by atoms with van der Waals surface area (Å²) >= 11 is 0. The lowest BCUT2D eigenvalue weighted by Gasteiger charge is -2.24. The topological polar surface area (TPSA) is 62.6 Å². The van der Waals surface area contributed by atoms with Crippen LogP contribution in [0.2, 0.25) is 0 Å². The van der Waals surface area contributed by atoms with E-state index in [1.165, 1.54) is 6.26 Å². The third-order valence-electron chi connectivity index (χ3n) is 4.83. The quantitative estimate of drug-likeness (QED) is 0.801. The van der Waals surface area contributed by atoms with Crippen molar-refractivity contribution in [2.75, 3.05) is 37.2 Å². The average Bonchev–Trinajstić information content (AvgIpc) is 3.40. The molecule has 1 aliphatic rings. The van der Waals surface area contributed by atoms with E-state index in [4.69, 9.17) is 0 Å². The first-order valence-corrected chi connectivity index (χ1v) is 10.4. The van der Waals surface area contributed by atoms with Crippen molar-refractivity contribution < 1.29 is 8.42 Å². The van der Waals surface area contributed by atoms with Gasteiger partial charge in [0.1, 0.15) is 5.69 Å². The van der Waals surface area contributed by atoms with Crippen molar-refractivity contribution in [3.05, 3.63) is 40.8 Å². The highest BCUT2D eigenvalue weighted by Crippen LogP contribution is 2.38. The maximum atomic E-state index is 12.4. The Morgan fingerprint density at radius 2 is 1.73 bits per heavy atom. The molecule has 0 spiro atoms. The Bertz CT molecular complexity index is 1010. The van der Waals surface area contributed by atoms with Crippen LogP contribution in [0.25, 0.3) is 11.1 Å². The molecule has 1 heterocycles. The van der Waals surface area contributed by atoms with Crippen LogP contribution >= 0.6 is 0 Å². The Labute approximate surface area is 154 Å². The molecule has 0 bridgehead atoms. The van der Waals surface area contributed by atoms with Gasteiger partial charge >= 0.3 is 0 Å². The maximum Gasteiger partial charge on any atom is 0.273 e. The molecule has 140 valence electrons. The van der Waals surface area contributed by atoms with Gasteiger partial charge in [-0.25, -0.2) is 8.42 Å². The van der Waals surface area contributed by atoms with Crippen LogP contribution in [0.3, 0.4) is 0 Å². The van der Waals surface area contributed by atoms with Crippen molar-refractivity contribution in [2.24, 2.45) is 7.05 Å². The van der Waals surface area contributed by atoms with Gasteiger partial charge in [0.2, 0.25) is 0 Å². The zero-order valence-corrected chi connectivity index (χ0v) is 16.7. The Kier molecular flexibility index (Phi) is 4.60. The van der Waals surface area contributed by atoms with Crippen LogP contribution < -0.4 is 15.4 Å². The van der Waals surface area contributed by atoms with Gasteiger partial charge in [0.25, 0.3) is 5.56 Å². The largest absolute Gasteiger partial charge is 0.373 e. The number of hydrogen-bond donors (Lipinski definition) is 0. The van der Waals surface area contributed by atoms with Gasteiger partial charge in [-0.1, -0.05) is 0 Å². The van der Waals surface area contributed by atoms with Crippen molar-refractivity contribution in [1.29, 1.82) is 0 Å². The van der Waals surface area contributed by atoms with Crippen LogP contribution in [0.1, 0.15) is 12.8 Å². The predicted octanol–water partition coefficient (Wildman–Crippen LogP) is 2.12. The van der Waals surface area contributed by atoms with E-state index >= 15 is 0 Å².